The van der Waals surface area contributed by atoms with Gasteiger partial charge >= 0.3 is 0 Å². The molecule has 2 bridgehead atoms. The zero-order valence-corrected chi connectivity index (χ0v) is 13.6. The van der Waals surface area contributed by atoms with E-state index in [1.807, 2.05) is 32.3 Å². The van der Waals surface area contributed by atoms with Crippen LogP contribution in [-0.4, -0.2) is 25.2 Å². The molecule has 0 fully saturated rings. The monoisotopic (exact) mass is 321 g/mol. The number of hydrogen-bond donors (Lipinski definition) is 1. The van der Waals surface area contributed by atoms with Crippen molar-refractivity contribution in [2.75, 3.05) is 19.0 Å². The number of amidine groups is 1. The number of carbonyl (C=O) groups is 1. The molecule has 1 aliphatic heterocycles. The molecule has 23 heavy (non-hydrogen) atoms. The Balaban J connectivity index is 1.95. The van der Waals surface area contributed by atoms with Crippen molar-refractivity contribution in [2.45, 2.75) is 0 Å². The van der Waals surface area contributed by atoms with Crippen LogP contribution in [0.25, 0.3) is 16.7 Å². The third-order valence-electron chi connectivity index (χ3n) is 4.07. The van der Waals surface area contributed by atoms with Gasteiger partial charge in [0.15, 0.2) is 5.17 Å². The summed E-state index contributed by atoms with van der Waals surface area (Å²) in [5.74, 6) is -0.238. The van der Waals surface area contributed by atoms with Crippen LogP contribution in [0.15, 0.2) is 52.4 Å². The van der Waals surface area contributed by atoms with Crippen LogP contribution in [0.4, 0.5) is 5.69 Å². The molecular weight excluding hydrogens is 306 g/mol. The van der Waals surface area contributed by atoms with E-state index >= 15 is 0 Å². The number of fused-ring (bicyclic) bond motifs is 2. The zero-order valence-electron chi connectivity index (χ0n) is 12.8. The highest BCUT2D eigenvalue weighted by atomic mass is 32.2. The van der Waals surface area contributed by atoms with Crippen molar-refractivity contribution in [3.63, 3.8) is 0 Å². The molecule has 0 saturated heterocycles. The molecule has 0 saturated carbocycles. The highest BCUT2D eigenvalue weighted by Crippen LogP contribution is 2.55. The van der Waals surface area contributed by atoms with Gasteiger partial charge in [-0.05, 0) is 22.9 Å². The minimum absolute atomic E-state index is 0.238. The molecule has 2 aromatic rings. The van der Waals surface area contributed by atoms with Crippen molar-refractivity contribution in [1.29, 1.82) is 0 Å². The number of rotatable bonds is 2. The predicted octanol–water partition coefficient (Wildman–Crippen LogP) is 3.08. The first-order valence-electron chi connectivity index (χ1n) is 7.29. The molecular formula is C18H15N3OS. The van der Waals surface area contributed by atoms with Gasteiger partial charge in [-0.2, -0.15) is 4.99 Å². The molecule has 0 unspecified atom stereocenters. The lowest BCUT2D eigenvalue weighted by Crippen LogP contribution is -2.21. The molecule has 0 atom stereocenters. The van der Waals surface area contributed by atoms with Crippen molar-refractivity contribution < 1.29 is 4.79 Å². The van der Waals surface area contributed by atoms with Gasteiger partial charge in [0.25, 0.3) is 5.91 Å². The molecule has 1 amide bonds. The Labute approximate surface area is 138 Å². The minimum Gasteiger partial charge on any atom is -0.378 e. The fourth-order valence-electron chi connectivity index (χ4n) is 3.16. The quantitative estimate of drug-likeness (QED) is 0.737. The Morgan fingerprint density at radius 2 is 1.74 bits per heavy atom. The summed E-state index contributed by atoms with van der Waals surface area (Å²) in [5, 5.41) is 0.320. The Kier molecular flexibility index (Phi) is 3.06. The summed E-state index contributed by atoms with van der Waals surface area (Å²) < 4.78 is 0. The average molecular weight is 321 g/mol. The van der Waals surface area contributed by atoms with Gasteiger partial charge in [-0.3, -0.25) is 4.79 Å². The Morgan fingerprint density at radius 3 is 2.35 bits per heavy atom. The summed E-state index contributed by atoms with van der Waals surface area (Å²) in [7, 11) is 4.04. The number of anilines is 1. The molecule has 4 nitrogen and oxygen atoms in total. The van der Waals surface area contributed by atoms with Gasteiger partial charge in [0, 0.05) is 30.8 Å². The van der Waals surface area contributed by atoms with Crippen LogP contribution in [0.5, 0.6) is 0 Å². The van der Waals surface area contributed by atoms with Crippen LogP contribution in [0.1, 0.15) is 11.1 Å². The first-order valence-corrected chi connectivity index (χ1v) is 8.10. The van der Waals surface area contributed by atoms with Gasteiger partial charge in [0.1, 0.15) is 0 Å². The number of nitrogens with two attached hydrogens (primary N) is 1. The summed E-state index contributed by atoms with van der Waals surface area (Å²) >= 11 is 1.26. The fraction of sp³-hybridized carbons (Fsp3) is 0.111. The minimum atomic E-state index is -0.238. The predicted molar refractivity (Wildman–Crippen MR) is 96.4 cm³/mol. The Bertz CT molecular complexity index is 898. The van der Waals surface area contributed by atoms with Gasteiger partial charge in [-0.1, -0.05) is 42.5 Å². The maximum atomic E-state index is 12.1. The lowest BCUT2D eigenvalue weighted by molar-refractivity contribution is -0.113. The largest absolute Gasteiger partial charge is 0.378 e. The number of thioether (sulfide) groups is 1. The van der Waals surface area contributed by atoms with E-state index in [1.54, 1.807) is 0 Å². The maximum Gasteiger partial charge on any atom is 0.286 e. The van der Waals surface area contributed by atoms with E-state index in [0.717, 1.165) is 33.5 Å². The number of nitrogens with zero attached hydrogens (tertiary/aromatic N) is 2. The second-order valence-electron chi connectivity index (χ2n) is 5.71. The molecule has 2 aliphatic rings. The second-order valence-corrected chi connectivity index (χ2v) is 6.74. The number of hydrogen-bond acceptors (Lipinski definition) is 4. The Hall–Kier alpha value is -2.53. The summed E-state index contributed by atoms with van der Waals surface area (Å²) in [4.78, 5) is 18.7. The number of benzene rings is 2. The van der Waals surface area contributed by atoms with Gasteiger partial charge < -0.3 is 10.6 Å². The summed E-state index contributed by atoms with van der Waals surface area (Å²) in [5.41, 5.74) is 12.3. The van der Waals surface area contributed by atoms with E-state index in [1.165, 1.54) is 11.8 Å². The van der Waals surface area contributed by atoms with E-state index in [2.05, 4.69) is 34.2 Å². The van der Waals surface area contributed by atoms with Crippen LogP contribution >= 0.6 is 11.8 Å². The van der Waals surface area contributed by atoms with Crippen molar-refractivity contribution in [2.24, 2.45) is 10.7 Å². The average Bonchev–Trinajstić information content (AvgIpc) is 2.86. The normalized spacial score (nSPS) is 18.7. The molecule has 2 N–H and O–H groups in total. The lowest BCUT2D eigenvalue weighted by Gasteiger charge is -2.35. The molecule has 0 spiro atoms. The van der Waals surface area contributed by atoms with Crippen LogP contribution in [0.2, 0.25) is 0 Å². The highest BCUT2D eigenvalue weighted by Gasteiger charge is 2.37. The van der Waals surface area contributed by atoms with E-state index in [0.29, 0.717) is 10.1 Å². The van der Waals surface area contributed by atoms with Crippen LogP contribution in [0.3, 0.4) is 0 Å². The Morgan fingerprint density at radius 1 is 1.04 bits per heavy atom. The van der Waals surface area contributed by atoms with E-state index < -0.39 is 0 Å². The molecule has 2 aromatic carbocycles. The first kappa shape index (κ1) is 14.1. The molecule has 0 radical (unpaired) electrons. The second kappa shape index (κ2) is 4.99. The first-order chi connectivity index (χ1) is 11.1. The lowest BCUT2D eigenvalue weighted by atomic mass is 9.77. The van der Waals surface area contributed by atoms with Gasteiger partial charge in [-0.15, -0.1) is 0 Å². The number of amides is 1. The molecule has 1 aliphatic carbocycles. The number of carbonyl (C=O) groups excluding carboxylic acids is 1. The zero-order chi connectivity index (χ0) is 16.1. The molecule has 1 heterocycles. The van der Waals surface area contributed by atoms with Crippen LogP contribution < -0.4 is 10.6 Å². The molecule has 0 aromatic heterocycles. The van der Waals surface area contributed by atoms with Gasteiger partial charge in [-0.25, -0.2) is 0 Å². The van der Waals surface area contributed by atoms with Gasteiger partial charge in [0.05, 0.1) is 10.6 Å². The number of aliphatic imine (C=N–C) groups is 1. The highest BCUT2D eigenvalue weighted by molar-refractivity contribution is 8.18. The standard InChI is InChI=1S/C18H15N3OS/c1-21(2)15-12-9-8-11(10-6-4-3-5-7-10)13(15)14(12)16-17(22)20-18(19)23-16/h3-9H,1-2H3,(H2,19,20,22)/b16-14-. The van der Waals surface area contributed by atoms with E-state index in [4.69, 9.17) is 5.73 Å². The fourth-order valence-corrected chi connectivity index (χ4v) is 3.94. The van der Waals surface area contributed by atoms with Crippen LogP contribution in [0, 0.1) is 0 Å². The van der Waals surface area contributed by atoms with Crippen molar-refractivity contribution in [3.05, 3.63) is 58.5 Å². The molecule has 114 valence electrons. The van der Waals surface area contributed by atoms with Crippen molar-refractivity contribution >= 4 is 34.1 Å². The van der Waals surface area contributed by atoms with E-state index in [-0.39, 0.29) is 5.91 Å². The summed E-state index contributed by atoms with van der Waals surface area (Å²) in [6, 6.07) is 14.4. The molecule has 5 heteroatoms. The SMILES string of the molecule is CN(C)c1c2ccc(-c3ccccc3)c1/C2=C1\SC(N)=NC1=O. The summed E-state index contributed by atoms with van der Waals surface area (Å²) in [6.07, 6.45) is 0. The summed E-state index contributed by atoms with van der Waals surface area (Å²) in [6.45, 7) is 0. The third-order valence-corrected chi connectivity index (χ3v) is 4.95. The topological polar surface area (TPSA) is 58.7 Å². The smallest absolute Gasteiger partial charge is 0.286 e. The van der Waals surface area contributed by atoms with Crippen LogP contribution in [-0.2, 0) is 4.79 Å². The molecule has 4 rings (SSSR count). The van der Waals surface area contributed by atoms with E-state index in [9.17, 15) is 4.79 Å². The van der Waals surface area contributed by atoms with Crippen molar-refractivity contribution in [3.8, 4) is 11.1 Å². The van der Waals surface area contributed by atoms with Crippen molar-refractivity contribution in [1.82, 2.24) is 0 Å². The third kappa shape index (κ3) is 2.00. The van der Waals surface area contributed by atoms with Gasteiger partial charge in [0.2, 0.25) is 0 Å². The maximum absolute atomic E-state index is 12.1.